The molecule has 4 heteroatoms. The van der Waals surface area contributed by atoms with Gasteiger partial charge in [0.15, 0.2) is 0 Å². The second-order valence-electron chi connectivity index (χ2n) is 5.06. The van der Waals surface area contributed by atoms with Crippen LogP contribution in [0.1, 0.15) is 0 Å². The van der Waals surface area contributed by atoms with Gasteiger partial charge in [0, 0.05) is 16.8 Å². The lowest BCUT2D eigenvalue weighted by molar-refractivity contribution is 0.585. The molecule has 4 nitrogen and oxygen atoms in total. The third-order valence-corrected chi connectivity index (χ3v) is 3.58. The number of hydrogen-bond acceptors (Lipinski definition) is 4. The van der Waals surface area contributed by atoms with Crippen LogP contribution in [0, 0.1) is 0 Å². The van der Waals surface area contributed by atoms with Gasteiger partial charge in [-0.05, 0) is 35.0 Å². The maximum Gasteiger partial charge on any atom is 0.248 e. The normalized spacial score (nSPS) is 10.9. The topological polar surface area (TPSA) is 64.9 Å². The maximum atomic E-state index is 5.84. The summed E-state index contributed by atoms with van der Waals surface area (Å²) in [6.07, 6.45) is 0. The average molecular weight is 287 g/mol. The fraction of sp³-hybridized carbons (Fsp3) is 0. The number of rotatable bonds is 2. The van der Waals surface area contributed by atoms with Crippen molar-refractivity contribution in [3.8, 4) is 22.9 Å². The second kappa shape index (κ2) is 5.00. The monoisotopic (exact) mass is 287 g/mol. The van der Waals surface area contributed by atoms with Crippen LogP contribution < -0.4 is 5.73 Å². The van der Waals surface area contributed by atoms with Crippen LogP contribution in [0.2, 0.25) is 0 Å². The first-order chi connectivity index (χ1) is 10.8. The van der Waals surface area contributed by atoms with Gasteiger partial charge < -0.3 is 10.2 Å². The molecule has 4 rings (SSSR count). The molecule has 0 aliphatic carbocycles. The first kappa shape index (κ1) is 12.6. The molecule has 1 heterocycles. The summed E-state index contributed by atoms with van der Waals surface area (Å²) < 4.78 is 5.84. The molecule has 0 radical (unpaired) electrons. The van der Waals surface area contributed by atoms with Crippen molar-refractivity contribution in [1.82, 2.24) is 10.2 Å². The van der Waals surface area contributed by atoms with Crippen molar-refractivity contribution in [3.05, 3.63) is 66.7 Å². The zero-order chi connectivity index (χ0) is 14.9. The Labute approximate surface area is 127 Å². The predicted octanol–water partition coefficient (Wildman–Crippen LogP) is 4.14. The molecule has 2 N–H and O–H groups in total. The van der Waals surface area contributed by atoms with Gasteiger partial charge in [-0.15, -0.1) is 10.2 Å². The highest BCUT2D eigenvalue weighted by Crippen LogP contribution is 2.30. The molecule has 0 aliphatic rings. The average Bonchev–Trinajstić information content (AvgIpc) is 3.04. The molecular formula is C18H13N3O. The van der Waals surface area contributed by atoms with Crippen molar-refractivity contribution in [1.29, 1.82) is 0 Å². The molecule has 0 bridgehead atoms. The number of hydrogen-bond donors (Lipinski definition) is 1. The van der Waals surface area contributed by atoms with E-state index < -0.39 is 0 Å². The summed E-state index contributed by atoms with van der Waals surface area (Å²) in [5.41, 5.74) is 8.22. The van der Waals surface area contributed by atoms with E-state index in [1.54, 1.807) is 0 Å². The van der Waals surface area contributed by atoms with Gasteiger partial charge in [0.05, 0.1) is 0 Å². The third-order valence-electron chi connectivity index (χ3n) is 3.58. The van der Waals surface area contributed by atoms with E-state index >= 15 is 0 Å². The quantitative estimate of drug-likeness (QED) is 0.563. The minimum atomic E-state index is 0.468. The Bertz CT molecular complexity index is 954. The molecule has 0 saturated carbocycles. The Morgan fingerprint density at radius 2 is 1.55 bits per heavy atom. The van der Waals surface area contributed by atoms with E-state index in [1.807, 2.05) is 48.5 Å². The smallest absolute Gasteiger partial charge is 0.248 e. The van der Waals surface area contributed by atoms with Crippen LogP contribution in [0.3, 0.4) is 0 Å². The Kier molecular flexibility index (Phi) is 2.86. The highest BCUT2D eigenvalue weighted by molar-refractivity contribution is 5.94. The van der Waals surface area contributed by atoms with Crippen LogP contribution in [0.25, 0.3) is 33.7 Å². The molecule has 22 heavy (non-hydrogen) atoms. The Morgan fingerprint density at radius 3 is 2.45 bits per heavy atom. The first-order valence-electron chi connectivity index (χ1n) is 6.99. The van der Waals surface area contributed by atoms with Gasteiger partial charge >= 0.3 is 0 Å². The fourth-order valence-electron chi connectivity index (χ4n) is 2.53. The Hall–Kier alpha value is -3.14. The summed E-state index contributed by atoms with van der Waals surface area (Å²) >= 11 is 0. The summed E-state index contributed by atoms with van der Waals surface area (Å²) in [7, 11) is 0. The standard InChI is InChI=1S/C18H13N3O/c19-14-8-3-7-13(11-14)17-20-21-18(22-17)16-10-4-6-12-5-1-2-9-15(12)16/h1-11H,19H2. The summed E-state index contributed by atoms with van der Waals surface area (Å²) in [6, 6.07) is 21.6. The lowest BCUT2D eigenvalue weighted by atomic mass is 10.0. The molecule has 0 aliphatic heterocycles. The van der Waals surface area contributed by atoms with Gasteiger partial charge in [0.2, 0.25) is 11.8 Å². The summed E-state index contributed by atoms with van der Waals surface area (Å²) in [5, 5.41) is 10.6. The zero-order valence-electron chi connectivity index (χ0n) is 11.7. The lowest BCUT2D eigenvalue weighted by Crippen LogP contribution is -1.84. The largest absolute Gasteiger partial charge is 0.416 e. The van der Waals surface area contributed by atoms with E-state index in [4.69, 9.17) is 10.2 Å². The van der Waals surface area contributed by atoms with Crippen LogP contribution >= 0.6 is 0 Å². The van der Waals surface area contributed by atoms with Gasteiger partial charge in [-0.2, -0.15) is 0 Å². The summed E-state index contributed by atoms with van der Waals surface area (Å²) in [6.45, 7) is 0. The van der Waals surface area contributed by atoms with E-state index in [-0.39, 0.29) is 0 Å². The minimum Gasteiger partial charge on any atom is -0.416 e. The van der Waals surface area contributed by atoms with Crippen LogP contribution in [0.5, 0.6) is 0 Å². The van der Waals surface area contributed by atoms with Crippen molar-refractivity contribution in [2.75, 3.05) is 5.73 Å². The molecule has 106 valence electrons. The number of anilines is 1. The van der Waals surface area contributed by atoms with Gasteiger partial charge in [-0.25, -0.2) is 0 Å². The van der Waals surface area contributed by atoms with Crippen molar-refractivity contribution < 1.29 is 4.42 Å². The van der Waals surface area contributed by atoms with Gasteiger partial charge in [-0.1, -0.05) is 42.5 Å². The molecule has 0 fully saturated rings. The summed E-state index contributed by atoms with van der Waals surface area (Å²) in [5.74, 6) is 0.976. The van der Waals surface area contributed by atoms with E-state index in [0.29, 0.717) is 17.5 Å². The van der Waals surface area contributed by atoms with Crippen LogP contribution in [-0.2, 0) is 0 Å². The van der Waals surface area contributed by atoms with E-state index in [2.05, 4.69) is 28.4 Å². The van der Waals surface area contributed by atoms with Gasteiger partial charge in [-0.3, -0.25) is 0 Å². The molecule has 0 amide bonds. The fourth-order valence-corrected chi connectivity index (χ4v) is 2.53. The van der Waals surface area contributed by atoms with Crippen molar-refractivity contribution in [2.24, 2.45) is 0 Å². The molecule has 0 atom stereocenters. The maximum absolute atomic E-state index is 5.84. The van der Waals surface area contributed by atoms with Crippen LogP contribution in [0.4, 0.5) is 5.69 Å². The predicted molar refractivity (Wildman–Crippen MR) is 87.1 cm³/mol. The van der Waals surface area contributed by atoms with E-state index in [1.165, 1.54) is 0 Å². The van der Waals surface area contributed by atoms with Crippen molar-refractivity contribution in [3.63, 3.8) is 0 Å². The first-order valence-corrected chi connectivity index (χ1v) is 6.99. The number of nitrogens with two attached hydrogens (primary N) is 1. The number of aromatic nitrogens is 2. The molecule has 1 aromatic heterocycles. The van der Waals surface area contributed by atoms with Crippen LogP contribution in [-0.4, -0.2) is 10.2 Å². The van der Waals surface area contributed by atoms with Gasteiger partial charge in [0.1, 0.15) is 0 Å². The number of nitrogen functional groups attached to an aromatic ring is 1. The van der Waals surface area contributed by atoms with E-state index in [0.717, 1.165) is 21.9 Å². The summed E-state index contributed by atoms with van der Waals surface area (Å²) in [4.78, 5) is 0. The molecule has 4 aromatic rings. The van der Waals surface area contributed by atoms with E-state index in [9.17, 15) is 0 Å². The Morgan fingerprint density at radius 1 is 0.773 bits per heavy atom. The molecule has 0 unspecified atom stereocenters. The van der Waals surface area contributed by atoms with Crippen molar-refractivity contribution >= 4 is 16.5 Å². The highest BCUT2D eigenvalue weighted by Gasteiger charge is 2.12. The van der Waals surface area contributed by atoms with Gasteiger partial charge in [0.25, 0.3) is 0 Å². The molecule has 3 aromatic carbocycles. The third kappa shape index (κ3) is 2.11. The highest BCUT2D eigenvalue weighted by atomic mass is 16.4. The number of fused-ring (bicyclic) bond motifs is 1. The second-order valence-corrected chi connectivity index (χ2v) is 5.06. The number of nitrogens with zero attached hydrogens (tertiary/aromatic N) is 2. The minimum absolute atomic E-state index is 0.468. The lowest BCUT2D eigenvalue weighted by Gasteiger charge is -2.02. The molecular weight excluding hydrogens is 274 g/mol. The van der Waals surface area contributed by atoms with Crippen LogP contribution in [0.15, 0.2) is 71.1 Å². The Balaban J connectivity index is 1.84. The SMILES string of the molecule is Nc1cccc(-c2nnc(-c3cccc4ccccc34)o2)c1. The molecule has 0 spiro atoms. The zero-order valence-corrected chi connectivity index (χ0v) is 11.7. The molecule has 0 saturated heterocycles. The number of benzene rings is 3. The van der Waals surface area contributed by atoms with Crippen molar-refractivity contribution in [2.45, 2.75) is 0 Å².